The fourth-order valence-corrected chi connectivity index (χ4v) is 4.95. The second-order valence-electron chi connectivity index (χ2n) is 8.67. The normalized spacial score (nSPS) is 15.7. The molecule has 6 nitrogen and oxygen atoms in total. The van der Waals surface area contributed by atoms with Gasteiger partial charge in [-0.25, -0.2) is 4.98 Å². The second-order valence-corrected chi connectivity index (χ2v) is 9.08. The van der Waals surface area contributed by atoms with Crippen LogP contribution in [-0.4, -0.2) is 35.7 Å². The van der Waals surface area contributed by atoms with Gasteiger partial charge in [-0.3, -0.25) is 4.79 Å². The zero-order chi connectivity index (χ0) is 24.2. The summed E-state index contributed by atoms with van der Waals surface area (Å²) < 4.78 is 13.6. The summed E-state index contributed by atoms with van der Waals surface area (Å²) in [5.41, 5.74) is 2.81. The Labute approximate surface area is 210 Å². The Morgan fingerprint density at radius 3 is 2.54 bits per heavy atom. The fourth-order valence-electron chi connectivity index (χ4n) is 4.72. The van der Waals surface area contributed by atoms with E-state index in [1.165, 1.54) is 0 Å². The molecule has 2 heterocycles. The molecule has 0 saturated carbocycles. The van der Waals surface area contributed by atoms with Crippen molar-refractivity contribution >= 4 is 34.2 Å². The van der Waals surface area contributed by atoms with Crippen molar-refractivity contribution in [1.29, 1.82) is 0 Å². The molecular formula is C28H28ClN3O3. The number of hydrogen-bond donors (Lipinski definition) is 0. The Kier molecular flexibility index (Phi) is 6.91. The molecule has 0 bridgehead atoms. The third kappa shape index (κ3) is 4.84. The molecule has 1 atom stereocenters. The van der Waals surface area contributed by atoms with Crippen LogP contribution in [0, 0.1) is 0 Å². The van der Waals surface area contributed by atoms with Crippen LogP contribution >= 0.6 is 11.6 Å². The monoisotopic (exact) mass is 489 g/mol. The quantitative estimate of drug-likeness (QED) is 0.267. The van der Waals surface area contributed by atoms with Crippen molar-refractivity contribution in [3.8, 4) is 11.5 Å². The van der Waals surface area contributed by atoms with Crippen molar-refractivity contribution in [3.63, 3.8) is 0 Å². The molecule has 1 saturated heterocycles. The van der Waals surface area contributed by atoms with Crippen molar-refractivity contribution in [3.05, 3.63) is 83.6 Å². The molecule has 0 radical (unpaired) electrons. The van der Waals surface area contributed by atoms with Crippen LogP contribution in [0.15, 0.2) is 72.8 Å². The van der Waals surface area contributed by atoms with Gasteiger partial charge in [-0.05, 0) is 49.2 Å². The number of hydrogen-bond acceptors (Lipinski definition) is 4. The molecule has 1 amide bonds. The van der Waals surface area contributed by atoms with E-state index in [1.54, 1.807) is 12.0 Å². The van der Waals surface area contributed by atoms with Gasteiger partial charge in [0.15, 0.2) is 11.5 Å². The summed E-state index contributed by atoms with van der Waals surface area (Å²) >= 11 is 6.39. The van der Waals surface area contributed by atoms with E-state index in [9.17, 15) is 4.79 Å². The summed E-state index contributed by atoms with van der Waals surface area (Å²) in [6.07, 6.45) is 2.24. The lowest BCUT2D eigenvalue weighted by Crippen LogP contribution is -2.24. The average molecular weight is 490 g/mol. The number of methoxy groups -OCH3 is 1. The van der Waals surface area contributed by atoms with E-state index in [0.29, 0.717) is 24.6 Å². The van der Waals surface area contributed by atoms with Gasteiger partial charge in [0.25, 0.3) is 0 Å². The number of imidazole rings is 1. The van der Waals surface area contributed by atoms with Crippen molar-refractivity contribution < 1.29 is 14.3 Å². The fraction of sp³-hybridized carbons (Fsp3) is 0.286. The van der Waals surface area contributed by atoms with E-state index < -0.39 is 0 Å². The van der Waals surface area contributed by atoms with E-state index in [-0.39, 0.29) is 11.8 Å². The molecule has 1 aliphatic rings. The minimum atomic E-state index is 0.0102. The summed E-state index contributed by atoms with van der Waals surface area (Å²) in [6, 6.07) is 23.3. The molecule has 1 fully saturated rings. The molecular weight excluding hydrogens is 462 g/mol. The Balaban J connectivity index is 1.30. The molecule has 0 unspecified atom stereocenters. The predicted molar refractivity (Wildman–Crippen MR) is 139 cm³/mol. The van der Waals surface area contributed by atoms with Crippen LogP contribution in [0.5, 0.6) is 11.5 Å². The van der Waals surface area contributed by atoms with E-state index in [1.807, 2.05) is 66.7 Å². The Morgan fingerprint density at radius 1 is 0.971 bits per heavy atom. The van der Waals surface area contributed by atoms with Gasteiger partial charge in [0.1, 0.15) is 5.82 Å². The number of amides is 1. The van der Waals surface area contributed by atoms with E-state index >= 15 is 0 Å². The maximum Gasteiger partial charge on any atom is 0.227 e. The van der Waals surface area contributed by atoms with Gasteiger partial charge >= 0.3 is 0 Å². The molecule has 1 aromatic heterocycles. The average Bonchev–Trinajstić information content (AvgIpc) is 3.45. The summed E-state index contributed by atoms with van der Waals surface area (Å²) in [7, 11) is 1.65. The molecule has 4 aromatic rings. The van der Waals surface area contributed by atoms with Crippen molar-refractivity contribution in [2.45, 2.75) is 31.7 Å². The van der Waals surface area contributed by atoms with Crippen LogP contribution in [-0.2, 0) is 11.3 Å². The van der Waals surface area contributed by atoms with E-state index in [0.717, 1.165) is 53.4 Å². The van der Waals surface area contributed by atoms with Gasteiger partial charge in [0.05, 0.1) is 35.5 Å². The van der Waals surface area contributed by atoms with Crippen LogP contribution < -0.4 is 14.4 Å². The first-order valence-corrected chi connectivity index (χ1v) is 12.3. The van der Waals surface area contributed by atoms with Crippen LogP contribution in [0.25, 0.3) is 11.0 Å². The third-order valence-electron chi connectivity index (χ3n) is 6.42. The Bertz CT molecular complexity index is 1340. The number of carbonyl (C=O) groups is 1. The number of halogens is 1. The highest BCUT2D eigenvalue weighted by Crippen LogP contribution is 2.36. The Morgan fingerprint density at radius 2 is 1.71 bits per heavy atom. The molecule has 0 aliphatic carbocycles. The number of benzene rings is 3. The maximum absolute atomic E-state index is 12.9. The molecule has 7 heteroatoms. The van der Waals surface area contributed by atoms with Crippen molar-refractivity contribution in [2.75, 3.05) is 25.2 Å². The zero-order valence-electron chi connectivity index (χ0n) is 19.7. The lowest BCUT2D eigenvalue weighted by molar-refractivity contribution is -0.117. The second kappa shape index (κ2) is 10.4. The summed E-state index contributed by atoms with van der Waals surface area (Å²) in [4.78, 5) is 19.7. The van der Waals surface area contributed by atoms with E-state index in [2.05, 4.69) is 10.6 Å². The first kappa shape index (κ1) is 23.2. The molecule has 0 spiro atoms. The largest absolute Gasteiger partial charge is 0.493 e. The van der Waals surface area contributed by atoms with Crippen molar-refractivity contribution in [1.82, 2.24) is 9.55 Å². The number of nitrogens with zero attached hydrogens (tertiary/aromatic N) is 3. The molecule has 5 rings (SSSR count). The number of ether oxygens (including phenoxy) is 2. The number of aromatic nitrogens is 2. The number of unbranched alkanes of at least 4 members (excludes halogenated alkanes) is 1. The van der Waals surface area contributed by atoms with Gasteiger partial charge in [-0.15, -0.1) is 0 Å². The number of carbonyl (C=O) groups excluding carboxylic acids is 1. The smallest absolute Gasteiger partial charge is 0.227 e. The minimum Gasteiger partial charge on any atom is -0.493 e. The van der Waals surface area contributed by atoms with Gasteiger partial charge < -0.3 is 18.9 Å². The van der Waals surface area contributed by atoms with Gasteiger partial charge in [0, 0.05) is 25.4 Å². The van der Waals surface area contributed by atoms with Crippen LogP contribution in [0.4, 0.5) is 5.69 Å². The zero-order valence-corrected chi connectivity index (χ0v) is 20.4. The summed E-state index contributed by atoms with van der Waals surface area (Å²) in [6.45, 7) is 1.98. The maximum atomic E-state index is 12.9. The first-order valence-electron chi connectivity index (χ1n) is 11.9. The highest BCUT2D eigenvalue weighted by Gasteiger charge is 2.35. The minimum absolute atomic E-state index is 0.0102. The lowest BCUT2D eigenvalue weighted by Gasteiger charge is -2.18. The topological polar surface area (TPSA) is 56.6 Å². The SMILES string of the molecule is COc1ccccc1OCCCCn1c([C@@H]2CC(=O)N(c3ccccc3Cl)C2)nc2ccccc21. The first-order chi connectivity index (χ1) is 17.2. The number of rotatable bonds is 9. The van der Waals surface area contributed by atoms with Crippen molar-refractivity contribution in [2.24, 2.45) is 0 Å². The molecule has 35 heavy (non-hydrogen) atoms. The standard InChI is InChI=1S/C28H28ClN3O3/c1-34-25-14-6-7-15-26(25)35-17-9-8-16-31-24-13-5-3-11-22(24)30-28(31)20-18-27(33)32(19-20)23-12-4-2-10-21(23)29/h2-7,10-15,20H,8-9,16-19H2,1H3/t20-/m1/s1. The number of fused-ring (bicyclic) bond motifs is 1. The van der Waals surface area contributed by atoms with Crippen LogP contribution in [0.1, 0.15) is 31.0 Å². The molecule has 1 aliphatic heterocycles. The highest BCUT2D eigenvalue weighted by molar-refractivity contribution is 6.33. The number of anilines is 1. The van der Waals surface area contributed by atoms with Crippen LogP contribution in [0.3, 0.4) is 0 Å². The van der Waals surface area contributed by atoms with Crippen LogP contribution in [0.2, 0.25) is 5.02 Å². The number of para-hydroxylation sites is 5. The third-order valence-corrected chi connectivity index (χ3v) is 6.74. The van der Waals surface area contributed by atoms with Gasteiger partial charge in [0.2, 0.25) is 5.91 Å². The highest BCUT2D eigenvalue weighted by atomic mass is 35.5. The lowest BCUT2D eigenvalue weighted by atomic mass is 10.1. The predicted octanol–water partition coefficient (Wildman–Crippen LogP) is 6.08. The Hall–Kier alpha value is -3.51. The summed E-state index contributed by atoms with van der Waals surface area (Å²) in [5, 5.41) is 0.588. The molecule has 180 valence electrons. The van der Waals surface area contributed by atoms with E-state index in [4.69, 9.17) is 26.1 Å². The molecule has 0 N–H and O–H groups in total. The molecule has 3 aromatic carbocycles. The number of aryl methyl sites for hydroxylation is 1. The summed E-state index contributed by atoms with van der Waals surface area (Å²) in [5.74, 6) is 2.54. The van der Waals surface area contributed by atoms with Gasteiger partial charge in [-0.2, -0.15) is 0 Å². The van der Waals surface area contributed by atoms with Gasteiger partial charge in [-0.1, -0.05) is 48.0 Å².